The third-order valence-electron chi connectivity index (χ3n) is 5.85. The van der Waals surface area contributed by atoms with Gasteiger partial charge in [-0.25, -0.2) is 0 Å². The Morgan fingerprint density at radius 1 is 0.868 bits per heavy atom. The van der Waals surface area contributed by atoms with E-state index in [1.54, 1.807) is 13.0 Å². The monoisotopic (exact) mass is 529 g/mol. The first-order chi connectivity index (χ1) is 18.5. The molecule has 2 aromatic heterocycles. The average molecular weight is 530 g/mol. The van der Waals surface area contributed by atoms with Gasteiger partial charge in [-0.1, -0.05) is 46.2 Å². The van der Waals surface area contributed by atoms with Crippen molar-refractivity contribution in [1.29, 1.82) is 0 Å². The second-order valence-electron chi connectivity index (χ2n) is 8.69. The van der Waals surface area contributed by atoms with Crippen LogP contribution in [0.15, 0.2) is 94.2 Å². The van der Waals surface area contributed by atoms with Gasteiger partial charge in [0.1, 0.15) is 30.2 Å². The molecule has 8 nitrogen and oxygen atoms in total. The fourth-order valence-electron chi connectivity index (χ4n) is 3.90. The largest absolute Gasteiger partial charge is 0.489 e. The van der Waals surface area contributed by atoms with Crippen LogP contribution >= 0.6 is 11.6 Å². The van der Waals surface area contributed by atoms with Gasteiger partial charge in [0.05, 0.1) is 5.69 Å². The van der Waals surface area contributed by atoms with Gasteiger partial charge in [-0.2, -0.15) is 4.98 Å². The first kappa shape index (κ1) is 25.2. The highest BCUT2D eigenvalue weighted by Crippen LogP contribution is 2.29. The molecular formula is C29H24ClN3O5. The number of halogens is 1. The topological polar surface area (TPSA) is 100 Å². The summed E-state index contributed by atoms with van der Waals surface area (Å²) in [6.45, 7) is 2.13. The van der Waals surface area contributed by atoms with E-state index in [1.165, 1.54) is 6.26 Å². The Morgan fingerprint density at radius 3 is 2.21 bits per heavy atom. The van der Waals surface area contributed by atoms with Crippen LogP contribution in [0.3, 0.4) is 0 Å². The summed E-state index contributed by atoms with van der Waals surface area (Å²) in [5, 5.41) is 8.75. The second-order valence-corrected chi connectivity index (χ2v) is 9.13. The minimum absolute atomic E-state index is 0.0747. The van der Waals surface area contributed by atoms with Gasteiger partial charge < -0.3 is 18.5 Å². The van der Waals surface area contributed by atoms with Crippen LogP contribution in [0.5, 0.6) is 11.5 Å². The summed E-state index contributed by atoms with van der Waals surface area (Å²) in [7, 11) is 0. The SMILES string of the molecule is CC(=O)C[C@@H](c1ccc(OCc2nc(-c3ccc(OCc4ccc(Cl)cc4)cc3)no2)cc1)c1ccon1. The quantitative estimate of drug-likeness (QED) is 0.187. The fraction of sp³-hybridized carbons (Fsp3) is 0.172. The number of hydrogen-bond acceptors (Lipinski definition) is 8. The molecule has 3 aromatic carbocycles. The highest BCUT2D eigenvalue weighted by atomic mass is 35.5. The third kappa shape index (κ3) is 6.46. The van der Waals surface area contributed by atoms with Crippen molar-refractivity contribution in [3.8, 4) is 22.9 Å². The van der Waals surface area contributed by atoms with E-state index >= 15 is 0 Å². The lowest BCUT2D eigenvalue weighted by Gasteiger charge is -2.13. The molecule has 0 aliphatic carbocycles. The smallest absolute Gasteiger partial charge is 0.264 e. The maximum atomic E-state index is 11.7. The zero-order chi connectivity index (χ0) is 26.3. The standard InChI is InChI=1S/C29H24ClN3O5/c1-19(34)16-26(27-14-15-37-32-27)21-4-10-25(11-5-21)36-18-28-31-29(33-38-28)22-6-12-24(13-7-22)35-17-20-2-8-23(30)9-3-20/h2-15,26H,16-18H2,1H3/t26-/m0/s1. The van der Waals surface area contributed by atoms with Gasteiger partial charge in [0, 0.05) is 29.0 Å². The Labute approximate surface area is 224 Å². The highest BCUT2D eigenvalue weighted by molar-refractivity contribution is 6.30. The van der Waals surface area contributed by atoms with E-state index in [9.17, 15) is 4.79 Å². The van der Waals surface area contributed by atoms with Crippen LogP contribution in [0, 0.1) is 0 Å². The van der Waals surface area contributed by atoms with Gasteiger partial charge in [-0.15, -0.1) is 0 Å². The van der Waals surface area contributed by atoms with E-state index in [4.69, 9.17) is 30.1 Å². The lowest BCUT2D eigenvalue weighted by atomic mass is 9.91. The summed E-state index contributed by atoms with van der Waals surface area (Å²) in [6, 6.07) is 24.3. The van der Waals surface area contributed by atoms with Crippen LogP contribution in [0.25, 0.3) is 11.4 Å². The van der Waals surface area contributed by atoms with Gasteiger partial charge >= 0.3 is 0 Å². The number of nitrogens with zero attached hydrogens (tertiary/aromatic N) is 3. The van der Waals surface area contributed by atoms with E-state index in [2.05, 4.69) is 15.3 Å². The number of aromatic nitrogens is 3. The molecule has 0 bridgehead atoms. The van der Waals surface area contributed by atoms with Gasteiger partial charge in [0.2, 0.25) is 5.82 Å². The normalized spacial score (nSPS) is 11.7. The fourth-order valence-corrected chi connectivity index (χ4v) is 4.03. The molecule has 0 amide bonds. The number of hydrogen-bond donors (Lipinski definition) is 0. The molecule has 0 saturated heterocycles. The van der Waals surface area contributed by atoms with E-state index < -0.39 is 0 Å². The van der Waals surface area contributed by atoms with Crippen molar-refractivity contribution >= 4 is 17.4 Å². The number of carbonyl (C=O) groups is 1. The zero-order valence-corrected chi connectivity index (χ0v) is 21.3. The van der Waals surface area contributed by atoms with Gasteiger partial charge in [0.25, 0.3) is 5.89 Å². The molecule has 1 atom stereocenters. The van der Waals surface area contributed by atoms with Crippen LogP contribution in [0.1, 0.15) is 42.0 Å². The summed E-state index contributed by atoms with van der Waals surface area (Å²) in [5.41, 5.74) is 3.49. The molecule has 9 heteroatoms. The van der Waals surface area contributed by atoms with Crippen LogP contribution in [-0.2, 0) is 18.0 Å². The minimum atomic E-state index is -0.173. The molecule has 192 valence electrons. The predicted octanol–water partition coefficient (Wildman–Crippen LogP) is 6.65. The molecule has 5 rings (SSSR count). The number of rotatable bonds is 11. The van der Waals surface area contributed by atoms with Gasteiger partial charge in [0.15, 0.2) is 6.61 Å². The van der Waals surface area contributed by atoms with Crippen molar-refractivity contribution in [2.24, 2.45) is 0 Å². The van der Waals surface area contributed by atoms with Crippen molar-refractivity contribution in [1.82, 2.24) is 15.3 Å². The van der Waals surface area contributed by atoms with Gasteiger partial charge in [-0.3, -0.25) is 4.79 Å². The molecule has 5 aromatic rings. The van der Waals surface area contributed by atoms with Crippen molar-refractivity contribution in [3.63, 3.8) is 0 Å². The number of ether oxygens (including phenoxy) is 2. The third-order valence-corrected chi connectivity index (χ3v) is 6.10. The second kappa shape index (κ2) is 11.7. The molecule has 0 aliphatic rings. The molecular weight excluding hydrogens is 506 g/mol. The summed E-state index contributed by atoms with van der Waals surface area (Å²) >= 11 is 5.92. The highest BCUT2D eigenvalue weighted by Gasteiger charge is 2.19. The van der Waals surface area contributed by atoms with E-state index in [-0.39, 0.29) is 18.3 Å². The Morgan fingerprint density at radius 2 is 1.55 bits per heavy atom. The average Bonchev–Trinajstić information content (AvgIpc) is 3.64. The maximum absolute atomic E-state index is 11.7. The Bertz CT molecular complexity index is 1460. The van der Waals surface area contributed by atoms with Crippen molar-refractivity contribution in [2.75, 3.05) is 0 Å². The Balaban J connectivity index is 1.16. The van der Waals surface area contributed by atoms with Crippen LogP contribution in [0.2, 0.25) is 5.02 Å². The first-order valence-corrected chi connectivity index (χ1v) is 12.3. The van der Waals surface area contributed by atoms with E-state index in [1.807, 2.05) is 72.8 Å². The maximum Gasteiger partial charge on any atom is 0.264 e. The molecule has 0 aliphatic heterocycles. The van der Waals surface area contributed by atoms with E-state index in [0.717, 1.165) is 22.4 Å². The lowest BCUT2D eigenvalue weighted by molar-refractivity contribution is -0.117. The van der Waals surface area contributed by atoms with Crippen LogP contribution in [-0.4, -0.2) is 21.1 Å². The van der Waals surface area contributed by atoms with Crippen molar-refractivity contribution < 1.29 is 23.3 Å². The summed E-state index contributed by atoms with van der Waals surface area (Å²) in [6.07, 6.45) is 1.84. The van der Waals surface area contributed by atoms with Crippen molar-refractivity contribution in [3.05, 3.63) is 113 Å². The Kier molecular flexibility index (Phi) is 7.80. The molecule has 0 N–H and O–H groups in total. The number of benzene rings is 3. The van der Waals surface area contributed by atoms with Crippen LogP contribution in [0.4, 0.5) is 0 Å². The molecule has 0 unspecified atom stereocenters. The van der Waals surface area contributed by atoms with Crippen LogP contribution < -0.4 is 9.47 Å². The molecule has 0 spiro atoms. The summed E-state index contributed by atoms with van der Waals surface area (Å²) in [5.74, 6) is 2.08. The van der Waals surface area contributed by atoms with E-state index in [0.29, 0.717) is 41.2 Å². The molecule has 0 fully saturated rings. The zero-order valence-electron chi connectivity index (χ0n) is 20.5. The lowest BCUT2D eigenvalue weighted by Crippen LogP contribution is -2.06. The molecule has 0 radical (unpaired) electrons. The number of carbonyl (C=O) groups excluding carboxylic acids is 1. The summed E-state index contributed by atoms with van der Waals surface area (Å²) < 4.78 is 22.0. The minimum Gasteiger partial charge on any atom is -0.489 e. The van der Waals surface area contributed by atoms with Gasteiger partial charge in [-0.05, 0) is 66.6 Å². The summed E-state index contributed by atoms with van der Waals surface area (Å²) in [4.78, 5) is 16.2. The first-order valence-electron chi connectivity index (χ1n) is 12.0. The number of Topliss-reactive ketones (excluding diaryl/α,β-unsaturated/α-hetero) is 1. The molecule has 2 heterocycles. The van der Waals surface area contributed by atoms with Crippen molar-refractivity contribution in [2.45, 2.75) is 32.5 Å². The Hall–Kier alpha value is -4.43. The molecule has 0 saturated carbocycles. The number of ketones is 1. The molecule has 38 heavy (non-hydrogen) atoms. The predicted molar refractivity (Wildman–Crippen MR) is 140 cm³/mol.